The fraction of sp³-hybridized carbons (Fsp3) is 0.500. The molecule has 4 rings (SSSR count). The number of aromatic nitrogens is 2. The van der Waals surface area contributed by atoms with Crippen LogP contribution >= 0.6 is 11.6 Å². The number of piperidine rings is 1. The van der Waals surface area contributed by atoms with Crippen molar-refractivity contribution in [3.05, 3.63) is 52.8 Å². The Labute approximate surface area is 154 Å². The molecular formula is C20H25ClN4. The van der Waals surface area contributed by atoms with Gasteiger partial charge in [-0.25, -0.2) is 9.97 Å². The lowest BCUT2D eigenvalue weighted by Gasteiger charge is -2.43. The Morgan fingerprint density at radius 2 is 1.64 bits per heavy atom. The summed E-state index contributed by atoms with van der Waals surface area (Å²) >= 11 is 6.03. The lowest BCUT2D eigenvalue weighted by Crippen LogP contribution is -2.47. The van der Waals surface area contributed by atoms with Gasteiger partial charge in [0.25, 0.3) is 0 Å². The van der Waals surface area contributed by atoms with Gasteiger partial charge in [-0.05, 0) is 56.2 Å². The molecule has 0 spiro atoms. The summed E-state index contributed by atoms with van der Waals surface area (Å²) in [4.78, 5) is 11.5. The van der Waals surface area contributed by atoms with Crippen molar-refractivity contribution >= 4 is 17.5 Å². The van der Waals surface area contributed by atoms with Gasteiger partial charge in [0.05, 0.1) is 0 Å². The average molecular weight is 357 g/mol. The van der Waals surface area contributed by atoms with Crippen molar-refractivity contribution in [2.75, 3.05) is 18.0 Å². The van der Waals surface area contributed by atoms with Crippen LogP contribution in [-0.2, 0) is 12.1 Å². The zero-order valence-corrected chi connectivity index (χ0v) is 15.3. The van der Waals surface area contributed by atoms with E-state index in [2.05, 4.69) is 32.3 Å². The summed E-state index contributed by atoms with van der Waals surface area (Å²) in [5, 5.41) is 4.54. The van der Waals surface area contributed by atoms with Gasteiger partial charge in [-0.3, -0.25) is 0 Å². The molecule has 2 aliphatic rings. The molecule has 2 heterocycles. The van der Waals surface area contributed by atoms with Crippen molar-refractivity contribution in [3.63, 3.8) is 0 Å². The predicted octanol–water partition coefficient (Wildman–Crippen LogP) is 4.29. The number of nitrogens with zero attached hydrogens (tertiary/aromatic N) is 3. The summed E-state index contributed by atoms with van der Waals surface area (Å²) in [5.41, 5.74) is 2.55. The number of hydrogen-bond acceptors (Lipinski definition) is 4. The van der Waals surface area contributed by atoms with E-state index in [9.17, 15) is 0 Å². The Morgan fingerprint density at radius 1 is 0.960 bits per heavy atom. The number of rotatable bonds is 5. The molecule has 1 saturated carbocycles. The van der Waals surface area contributed by atoms with Gasteiger partial charge >= 0.3 is 0 Å². The van der Waals surface area contributed by atoms with E-state index in [1.54, 1.807) is 0 Å². The van der Waals surface area contributed by atoms with Crippen molar-refractivity contribution in [1.29, 1.82) is 0 Å². The molecule has 2 fully saturated rings. The summed E-state index contributed by atoms with van der Waals surface area (Å²) in [6.07, 6.45) is 11.4. The van der Waals surface area contributed by atoms with Crippen LogP contribution in [0.1, 0.15) is 49.7 Å². The van der Waals surface area contributed by atoms with Crippen LogP contribution in [-0.4, -0.2) is 23.1 Å². The van der Waals surface area contributed by atoms with E-state index in [-0.39, 0.29) is 5.54 Å². The molecule has 0 bridgehead atoms. The Bertz CT molecular complexity index is 689. The van der Waals surface area contributed by atoms with Crippen molar-refractivity contribution in [3.8, 4) is 0 Å². The molecule has 1 aliphatic heterocycles. The molecule has 0 radical (unpaired) electrons. The molecule has 0 atom stereocenters. The van der Waals surface area contributed by atoms with Crippen LogP contribution < -0.4 is 10.2 Å². The number of anilines is 1. The first-order chi connectivity index (χ1) is 12.3. The highest BCUT2D eigenvalue weighted by Gasteiger charge is 2.37. The Kier molecular flexibility index (Phi) is 4.91. The molecule has 1 aromatic carbocycles. The molecule has 1 aromatic heterocycles. The van der Waals surface area contributed by atoms with Gasteiger partial charge in [0.15, 0.2) is 0 Å². The largest absolute Gasteiger partial charge is 0.341 e. The summed E-state index contributed by atoms with van der Waals surface area (Å²) in [7, 11) is 0. The quantitative estimate of drug-likeness (QED) is 0.867. The van der Waals surface area contributed by atoms with Crippen molar-refractivity contribution in [2.45, 2.75) is 50.6 Å². The van der Waals surface area contributed by atoms with E-state index in [0.29, 0.717) is 0 Å². The molecule has 1 aliphatic carbocycles. The molecule has 1 saturated heterocycles. The molecule has 0 amide bonds. The molecule has 4 nitrogen and oxygen atoms in total. The summed E-state index contributed by atoms with van der Waals surface area (Å²) < 4.78 is 0. The number of hydrogen-bond donors (Lipinski definition) is 1. The number of benzene rings is 1. The van der Waals surface area contributed by atoms with E-state index in [0.717, 1.165) is 36.2 Å². The van der Waals surface area contributed by atoms with Crippen LogP contribution in [0.25, 0.3) is 0 Å². The number of halogens is 1. The molecule has 1 N–H and O–H groups in total. The monoisotopic (exact) mass is 356 g/mol. The molecule has 5 heteroatoms. The molecule has 0 unspecified atom stereocenters. The van der Waals surface area contributed by atoms with Crippen molar-refractivity contribution in [2.24, 2.45) is 0 Å². The van der Waals surface area contributed by atoms with Crippen LogP contribution in [0.2, 0.25) is 5.02 Å². The highest BCUT2D eigenvalue weighted by molar-refractivity contribution is 6.30. The summed E-state index contributed by atoms with van der Waals surface area (Å²) in [5.74, 6) is 0.875. The molecular weight excluding hydrogens is 332 g/mol. The highest BCUT2D eigenvalue weighted by Crippen LogP contribution is 2.41. The second kappa shape index (κ2) is 7.30. The van der Waals surface area contributed by atoms with Crippen LogP contribution in [0.4, 0.5) is 5.95 Å². The van der Waals surface area contributed by atoms with Gasteiger partial charge in [-0.2, -0.15) is 0 Å². The minimum absolute atomic E-state index is 0.0795. The van der Waals surface area contributed by atoms with E-state index >= 15 is 0 Å². The van der Waals surface area contributed by atoms with Crippen LogP contribution in [0.5, 0.6) is 0 Å². The number of nitrogens with one attached hydrogen (secondary N) is 1. The Morgan fingerprint density at radius 3 is 2.24 bits per heavy atom. The van der Waals surface area contributed by atoms with E-state index in [4.69, 9.17) is 11.6 Å². The standard InChI is InChI=1S/C20H25ClN4/c21-18-7-5-17(6-8-18)20(9-4-10-20)24-15-16-13-22-19(23-14-16)25-11-2-1-3-12-25/h5-8,13-14,24H,1-4,9-12,15H2. The van der Waals surface area contributed by atoms with Crippen LogP contribution in [0.15, 0.2) is 36.7 Å². The van der Waals surface area contributed by atoms with E-state index in [1.165, 1.54) is 44.1 Å². The highest BCUT2D eigenvalue weighted by atomic mass is 35.5. The van der Waals surface area contributed by atoms with Gasteiger partial charge < -0.3 is 10.2 Å². The lowest BCUT2D eigenvalue weighted by molar-refractivity contribution is 0.183. The van der Waals surface area contributed by atoms with Gasteiger partial charge in [-0.1, -0.05) is 23.7 Å². The molecule has 25 heavy (non-hydrogen) atoms. The topological polar surface area (TPSA) is 41.1 Å². The zero-order valence-electron chi connectivity index (χ0n) is 14.5. The fourth-order valence-electron chi connectivity index (χ4n) is 3.83. The second-order valence-corrected chi connectivity index (χ2v) is 7.67. The first-order valence-corrected chi connectivity index (χ1v) is 9.70. The Hall–Kier alpha value is -1.65. The minimum atomic E-state index is 0.0795. The smallest absolute Gasteiger partial charge is 0.225 e. The Balaban J connectivity index is 1.40. The lowest BCUT2D eigenvalue weighted by atomic mass is 9.72. The third kappa shape index (κ3) is 3.65. The maximum absolute atomic E-state index is 6.03. The average Bonchev–Trinajstić information content (AvgIpc) is 2.63. The second-order valence-electron chi connectivity index (χ2n) is 7.24. The predicted molar refractivity (Wildman–Crippen MR) is 102 cm³/mol. The van der Waals surface area contributed by atoms with Crippen molar-refractivity contribution < 1.29 is 0 Å². The van der Waals surface area contributed by atoms with Gasteiger partial charge in [0.1, 0.15) is 0 Å². The van der Waals surface area contributed by atoms with Gasteiger partial charge in [0, 0.05) is 48.2 Å². The maximum Gasteiger partial charge on any atom is 0.225 e. The minimum Gasteiger partial charge on any atom is -0.341 e. The van der Waals surface area contributed by atoms with Crippen LogP contribution in [0.3, 0.4) is 0 Å². The first kappa shape index (κ1) is 16.8. The summed E-state index contributed by atoms with van der Waals surface area (Å²) in [6, 6.07) is 8.25. The van der Waals surface area contributed by atoms with E-state index < -0.39 is 0 Å². The molecule has 2 aromatic rings. The van der Waals surface area contributed by atoms with Gasteiger partial charge in [-0.15, -0.1) is 0 Å². The third-order valence-electron chi connectivity index (χ3n) is 5.57. The van der Waals surface area contributed by atoms with Crippen molar-refractivity contribution in [1.82, 2.24) is 15.3 Å². The SMILES string of the molecule is Clc1ccc(C2(NCc3cnc(N4CCCCC4)nc3)CCC2)cc1. The first-order valence-electron chi connectivity index (χ1n) is 9.32. The fourth-order valence-corrected chi connectivity index (χ4v) is 3.96. The van der Waals surface area contributed by atoms with Crippen LogP contribution in [0, 0.1) is 0 Å². The third-order valence-corrected chi connectivity index (χ3v) is 5.82. The van der Waals surface area contributed by atoms with Gasteiger partial charge in [0.2, 0.25) is 5.95 Å². The maximum atomic E-state index is 6.03. The molecule has 132 valence electrons. The zero-order chi connectivity index (χ0) is 17.1. The van der Waals surface area contributed by atoms with E-state index in [1.807, 2.05) is 24.5 Å². The summed E-state index contributed by atoms with van der Waals surface area (Å²) in [6.45, 7) is 2.96. The normalized spacial score (nSPS) is 19.5.